The first kappa shape index (κ1) is 24.8. The second kappa shape index (κ2) is 11.4. The molecule has 1 nitrogen and oxygen atoms in total. The molecule has 1 fully saturated rings. The van der Waals surface area contributed by atoms with E-state index in [0.29, 0.717) is 29.2 Å². The van der Waals surface area contributed by atoms with E-state index < -0.39 is 17.5 Å². The number of ether oxygens (including phenoxy) is 1. The standard InChI is InChI=1S/C31H31F3O/c1-3-5-21-8-13-24(14-9-21)26-17-18-27(31(34)30(26)33)25-15-10-22(11-16-25)6-7-23-12-19-29(35-4-2)28(32)20-23/h3,5-7,10-12,15-21,24H,4,8-9,13-14H2,1-2H3. The summed E-state index contributed by atoms with van der Waals surface area (Å²) < 4.78 is 49.4. The van der Waals surface area contributed by atoms with Crippen LogP contribution in [-0.2, 0) is 0 Å². The molecule has 3 aromatic rings. The molecule has 0 atom stereocenters. The molecule has 0 N–H and O–H groups in total. The Morgan fingerprint density at radius 1 is 0.829 bits per heavy atom. The highest BCUT2D eigenvalue weighted by Gasteiger charge is 2.25. The fourth-order valence-electron chi connectivity index (χ4n) is 4.86. The summed E-state index contributed by atoms with van der Waals surface area (Å²) in [4.78, 5) is 0. The number of benzene rings is 3. The third kappa shape index (κ3) is 5.87. The Kier molecular flexibility index (Phi) is 8.12. The van der Waals surface area contributed by atoms with E-state index in [1.165, 1.54) is 6.07 Å². The molecule has 0 aromatic heterocycles. The Balaban J connectivity index is 1.47. The van der Waals surface area contributed by atoms with Gasteiger partial charge in [-0.15, -0.1) is 0 Å². The highest BCUT2D eigenvalue weighted by atomic mass is 19.2. The number of allylic oxidation sites excluding steroid dienone is 2. The normalized spacial score (nSPS) is 18.4. The van der Waals surface area contributed by atoms with Gasteiger partial charge in [0, 0.05) is 5.56 Å². The Hall–Kier alpha value is -3.27. The molecule has 1 aliphatic carbocycles. The third-order valence-corrected chi connectivity index (χ3v) is 6.73. The van der Waals surface area contributed by atoms with Crippen LogP contribution in [0.25, 0.3) is 23.3 Å². The van der Waals surface area contributed by atoms with Gasteiger partial charge in [-0.3, -0.25) is 0 Å². The van der Waals surface area contributed by atoms with Crippen molar-refractivity contribution in [1.82, 2.24) is 0 Å². The maximum absolute atomic E-state index is 15.0. The van der Waals surface area contributed by atoms with Crippen molar-refractivity contribution in [2.24, 2.45) is 5.92 Å². The van der Waals surface area contributed by atoms with Crippen LogP contribution < -0.4 is 4.74 Å². The largest absolute Gasteiger partial charge is 0.491 e. The Morgan fingerprint density at radius 3 is 2.17 bits per heavy atom. The predicted octanol–water partition coefficient (Wildman–Crippen LogP) is 9.19. The summed E-state index contributed by atoms with van der Waals surface area (Å²) in [5.41, 5.74) is 2.95. The summed E-state index contributed by atoms with van der Waals surface area (Å²) in [6, 6.07) is 15.5. The lowest BCUT2D eigenvalue weighted by Crippen LogP contribution is -2.13. The molecule has 3 aromatic carbocycles. The third-order valence-electron chi connectivity index (χ3n) is 6.73. The van der Waals surface area contributed by atoms with E-state index in [0.717, 1.165) is 31.2 Å². The van der Waals surface area contributed by atoms with Crippen molar-refractivity contribution >= 4 is 12.2 Å². The number of hydrogen-bond acceptors (Lipinski definition) is 1. The van der Waals surface area contributed by atoms with Gasteiger partial charge < -0.3 is 4.74 Å². The first-order chi connectivity index (χ1) is 17.0. The SMILES string of the molecule is CC=CC1CCC(c2ccc(-c3ccc(C=Cc4ccc(OCC)c(F)c4)cc3)c(F)c2F)CC1. The van der Waals surface area contributed by atoms with Crippen molar-refractivity contribution in [3.05, 3.63) is 101 Å². The molecule has 0 saturated heterocycles. The van der Waals surface area contributed by atoms with Crippen LogP contribution in [0, 0.1) is 23.4 Å². The van der Waals surface area contributed by atoms with Gasteiger partial charge in [-0.25, -0.2) is 13.2 Å². The van der Waals surface area contributed by atoms with Gasteiger partial charge in [-0.1, -0.05) is 66.8 Å². The van der Waals surface area contributed by atoms with Gasteiger partial charge >= 0.3 is 0 Å². The van der Waals surface area contributed by atoms with Crippen LogP contribution in [0.4, 0.5) is 13.2 Å². The van der Waals surface area contributed by atoms with E-state index >= 15 is 8.78 Å². The van der Waals surface area contributed by atoms with E-state index in [9.17, 15) is 4.39 Å². The van der Waals surface area contributed by atoms with Crippen LogP contribution in [0.15, 0.2) is 66.7 Å². The molecule has 182 valence electrons. The highest BCUT2D eigenvalue weighted by Crippen LogP contribution is 2.39. The zero-order chi connectivity index (χ0) is 24.8. The lowest BCUT2D eigenvalue weighted by molar-refractivity contribution is 0.321. The maximum Gasteiger partial charge on any atom is 0.166 e. The van der Waals surface area contributed by atoms with Gasteiger partial charge in [-0.2, -0.15) is 0 Å². The zero-order valence-electron chi connectivity index (χ0n) is 20.2. The minimum atomic E-state index is -0.786. The zero-order valence-corrected chi connectivity index (χ0v) is 20.2. The van der Waals surface area contributed by atoms with E-state index in [1.54, 1.807) is 42.5 Å². The Morgan fingerprint density at radius 2 is 1.51 bits per heavy atom. The molecular weight excluding hydrogens is 445 g/mol. The molecule has 35 heavy (non-hydrogen) atoms. The molecule has 0 unspecified atom stereocenters. The topological polar surface area (TPSA) is 9.23 Å². The maximum atomic E-state index is 15.0. The van der Waals surface area contributed by atoms with Crippen LogP contribution >= 0.6 is 0 Å². The number of halogens is 3. The minimum absolute atomic E-state index is 0.0695. The summed E-state index contributed by atoms with van der Waals surface area (Å²) in [5.74, 6) is -1.07. The van der Waals surface area contributed by atoms with Crippen molar-refractivity contribution in [3.8, 4) is 16.9 Å². The first-order valence-electron chi connectivity index (χ1n) is 12.3. The van der Waals surface area contributed by atoms with Gasteiger partial charge in [0.25, 0.3) is 0 Å². The van der Waals surface area contributed by atoms with Crippen LogP contribution in [0.3, 0.4) is 0 Å². The Bertz CT molecular complexity index is 1200. The average Bonchev–Trinajstić information content (AvgIpc) is 2.87. The summed E-state index contributed by atoms with van der Waals surface area (Å²) in [6.45, 7) is 4.23. The quantitative estimate of drug-likeness (QED) is 0.244. The molecule has 0 bridgehead atoms. The van der Waals surface area contributed by atoms with Gasteiger partial charge in [0.05, 0.1) is 6.61 Å². The van der Waals surface area contributed by atoms with Crippen LogP contribution in [0.2, 0.25) is 0 Å². The monoisotopic (exact) mass is 476 g/mol. The lowest BCUT2D eigenvalue weighted by atomic mass is 9.78. The second-order valence-electron chi connectivity index (χ2n) is 9.05. The van der Waals surface area contributed by atoms with Crippen molar-refractivity contribution in [1.29, 1.82) is 0 Å². The molecule has 4 rings (SSSR count). The number of hydrogen-bond donors (Lipinski definition) is 0. The molecule has 4 heteroatoms. The highest BCUT2D eigenvalue weighted by molar-refractivity contribution is 5.72. The smallest absolute Gasteiger partial charge is 0.166 e. The van der Waals surface area contributed by atoms with E-state index in [-0.39, 0.29) is 17.2 Å². The van der Waals surface area contributed by atoms with Gasteiger partial charge in [0.1, 0.15) is 0 Å². The summed E-state index contributed by atoms with van der Waals surface area (Å²) in [6.07, 6.45) is 11.7. The van der Waals surface area contributed by atoms with Gasteiger partial charge in [-0.05, 0) is 85.8 Å². The minimum Gasteiger partial charge on any atom is -0.491 e. The predicted molar refractivity (Wildman–Crippen MR) is 138 cm³/mol. The molecule has 1 saturated carbocycles. The molecule has 0 heterocycles. The van der Waals surface area contributed by atoms with E-state index in [1.807, 2.05) is 32.1 Å². The molecular formula is C31H31F3O. The van der Waals surface area contributed by atoms with Crippen molar-refractivity contribution < 1.29 is 17.9 Å². The second-order valence-corrected chi connectivity index (χ2v) is 9.05. The van der Waals surface area contributed by atoms with Crippen molar-refractivity contribution in [2.45, 2.75) is 45.4 Å². The van der Waals surface area contributed by atoms with Crippen molar-refractivity contribution in [2.75, 3.05) is 6.61 Å². The van der Waals surface area contributed by atoms with Crippen LogP contribution in [0.5, 0.6) is 5.75 Å². The summed E-state index contributed by atoms with van der Waals surface area (Å²) >= 11 is 0. The average molecular weight is 477 g/mol. The fraction of sp³-hybridized carbons (Fsp3) is 0.290. The molecule has 0 amide bonds. The lowest BCUT2D eigenvalue weighted by Gasteiger charge is -2.27. The molecule has 0 radical (unpaired) electrons. The Labute approximate surface area is 206 Å². The van der Waals surface area contributed by atoms with Crippen molar-refractivity contribution in [3.63, 3.8) is 0 Å². The van der Waals surface area contributed by atoms with Crippen LogP contribution in [-0.4, -0.2) is 6.61 Å². The van der Waals surface area contributed by atoms with Crippen LogP contribution in [0.1, 0.15) is 62.1 Å². The summed E-state index contributed by atoms with van der Waals surface area (Å²) in [5, 5.41) is 0. The van der Waals surface area contributed by atoms with E-state index in [2.05, 4.69) is 12.2 Å². The molecule has 0 spiro atoms. The summed E-state index contributed by atoms with van der Waals surface area (Å²) in [7, 11) is 0. The molecule has 0 aliphatic heterocycles. The molecule has 1 aliphatic rings. The fourth-order valence-corrected chi connectivity index (χ4v) is 4.86. The number of rotatable bonds is 7. The van der Waals surface area contributed by atoms with E-state index in [4.69, 9.17) is 4.74 Å². The van der Waals surface area contributed by atoms with Gasteiger partial charge in [0.2, 0.25) is 0 Å². The first-order valence-corrected chi connectivity index (χ1v) is 12.3. The van der Waals surface area contributed by atoms with Gasteiger partial charge in [0.15, 0.2) is 23.2 Å².